The van der Waals surface area contributed by atoms with Crippen LogP contribution in [-0.2, 0) is 22.6 Å². The van der Waals surface area contributed by atoms with Gasteiger partial charge in [0, 0.05) is 35.0 Å². The van der Waals surface area contributed by atoms with Crippen molar-refractivity contribution in [3.05, 3.63) is 56.7 Å². The minimum absolute atomic E-state index is 0.0227. The lowest BCUT2D eigenvalue weighted by Gasteiger charge is -2.31. The first kappa shape index (κ1) is 19.4. The molecule has 3 rings (SSSR count). The van der Waals surface area contributed by atoms with Crippen molar-refractivity contribution in [3.8, 4) is 0 Å². The van der Waals surface area contributed by atoms with Crippen molar-refractivity contribution in [1.29, 1.82) is 0 Å². The number of amides is 3. The van der Waals surface area contributed by atoms with Gasteiger partial charge in [-0.3, -0.25) is 14.4 Å². The summed E-state index contributed by atoms with van der Waals surface area (Å²) in [4.78, 5) is 39.7. The molecule has 0 aliphatic carbocycles. The molecular formula is C19H20ClN3O3S. The number of hydrogen-bond donors (Lipinski definition) is 2. The highest BCUT2D eigenvalue weighted by Crippen LogP contribution is 2.24. The molecule has 27 heavy (non-hydrogen) atoms. The molecule has 0 bridgehead atoms. The van der Waals surface area contributed by atoms with Crippen molar-refractivity contribution in [1.82, 2.24) is 10.2 Å². The van der Waals surface area contributed by atoms with Crippen molar-refractivity contribution < 1.29 is 14.4 Å². The van der Waals surface area contributed by atoms with Gasteiger partial charge in [-0.05, 0) is 54.1 Å². The molecule has 1 aliphatic heterocycles. The van der Waals surface area contributed by atoms with Crippen LogP contribution < -0.4 is 11.1 Å². The standard InChI is InChI=1S/C19H20ClN3O3S/c20-14-3-1-12(2-4-14)18(25)22-15(5-6-17(21)24)19(26)23-9-7-16-13(11-23)8-10-27-16/h1-4,8,10,15H,5-7,9,11H2,(H2,21,24)(H,22,25)/t15-/m0/s1. The van der Waals surface area contributed by atoms with Gasteiger partial charge in [-0.15, -0.1) is 11.3 Å². The number of halogens is 1. The zero-order valence-corrected chi connectivity index (χ0v) is 16.2. The number of fused-ring (bicyclic) bond motifs is 1. The molecule has 6 nitrogen and oxygen atoms in total. The average molecular weight is 406 g/mol. The summed E-state index contributed by atoms with van der Waals surface area (Å²) in [7, 11) is 0. The predicted molar refractivity (Wildman–Crippen MR) is 105 cm³/mol. The molecule has 1 atom stereocenters. The van der Waals surface area contributed by atoms with E-state index in [1.54, 1.807) is 40.5 Å². The van der Waals surface area contributed by atoms with Crippen molar-refractivity contribution in [2.75, 3.05) is 6.54 Å². The zero-order valence-electron chi connectivity index (χ0n) is 14.6. The van der Waals surface area contributed by atoms with Crippen molar-refractivity contribution in [2.45, 2.75) is 31.8 Å². The Bertz CT molecular complexity index is 850. The monoisotopic (exact) mass is 405 g/mol. The fourth-order valence-electron chi connectivity index (χ4n) is 3.04. The summed E-state index contributed by atoms with van der Waals surface area (Å²) in [5.41, 5.74) is 6.77. The third-order valence-corrected chi connectivity index (χ3v) is 5.78. The topological polar surface area (TPSA) is 92.5 Å². The number of nitrogens with zero attached hydrogens (tertiary/aromatic N) is 1. The molecule has 1 aromatic heterocycles. The number of benzene rings is 1. The Morgan fingerprint density at radius 1 is 1.22 bits per heavy atom. The molecule has 0 fully saturated rings. The van der Waals surface area contributed by atoms with Crippen LogP contribution in [0.2, 0.25) is 5.02 Å². The smallest absolute Gasteiger partial charge is 0.251 e. The summed E-state index contributed by atoms with van der Waals surface area (Å²) in [5.74, 6) is -1.09. The highest BCUT2D eigenvalue weighted by atomic mass is 35.5. The van der Waals surface area contributed by atoms with Gasteiger partial charge in [-0.25, -0.2) is 0 Å². The molecule has 0 radical (unpaired) electrons. The largest absolute Gasteiger partial charge is 0.370 e. The number of primary amides is 1. The fourth-order valence-corrected chi connectivity index (χ4v) is 4.06. The van der Waals surface area contributed by atoms with Gasteiger partial charge in [0.15, 0.2) is 0 Å². The Balaban J connectivity index is 1.72. The van der Waals surface area contributed by atoms with E-state index in [1.807, 2.05) is 11.4 Å². The summed E-state index contributed by atoms with van der Waals surface area (Å²) in [6, 6.07) is 7.61. The van der Waals surface area contributed by atoms with E-state index in [9.17, 15) is 14.4 Å². The first-order valence-corrected chi connectivity index (χ1v) is 9.88. The van der Waals surface area contributed by atoms with E-state index in [1.165, 1.54) is 4.88 Å². The van der Waals surface area contributed by atoms with E-state index < -0.39 is 11.9 Å². The second-order valence-corrected chi connectivity index (χ2v) is 7.85. The summed E-state index contributed by atoms with van der Waals surface area (Å²) >= 11 is 7.54. The Kier molecular flexibility index (Phi) is 6.13. The van der Waals surface area contributed by atoms with Gasteiger partial charge >= 0.3 is 0 Å². The SMILES string of the molecule is NC(=O)CC[C@H](NC(=O)c1ccc(Cl)cc1)C(=O)N1CCc2sccc2C1. The van der Waals surface area contributed by atoms with Gasteiger partial charge in [-0.2, -0.15) is 0 Å². The summed E-state index contributed by atoms with van der Waals surface area (Å²) in [5, 5.41) is 5.29. The van der Waals surface area contributed by atoms with E-state index >= 15 is 0 Å². The quantitative estimate of drug-likeness (QED) is 0.772. The number of carbonyl (C=O) groups excluding carboxylic acids is 3. The number of hydrogen-bond acceptors (Lipinski definition) is 4. The van der Waals surface area contributed by atoms with Crippen LogP contribution in [0.25, 0.3) is 0 Å². The predicted octanol–water partition coefficient (Wildman–Crippen LogP) is 2.35. The van der Waals surface area contributed by atoms with Crippen molar-refractivity contribution >= 4 is 40.7 Å². The Labute approximate surface area is 166 Å². The van der Waals surface area contributed by atoms with E-state index in [4.69, 9.17) is 17.3 Å². The maximum Gasteiger partial charge on any atom is 0.251 e. The number of carbonyl (C=O) groups is 3. The van der Waals surface area contributed by atoms with Gasteiger partial charge < -0.3 is 16.0 Å². The number of nitrogens with two attached hydrogens (primary N) is 1. The molecule has 2 heterocycles. The second kappa shape index (κ2) is 8.54. The van der Waals surface area contributed by atoms with Crippen LogP contribution >= 0.6 is 22.9 Å². The first-order valence-electron chi connectivity index (χ1n) is 8.63. The molecule has 3 amide bonds. The maximum absolute atomic E-state index is 13.0. The third kappa shape index (κ3) is 4.87. The molecular weight excluding hydrogens is 386 g/mol. The molecule has 0 saturated heterocycles. The maximum atomic E-state index is 13.0. The molecule has 2 aromatic rings. The zero-order chi connectivity index (χ0) is 19.4. The minimum atomic E-state index is -0.805. The first-order chi connectivity index (χ1) is 12.9. The van der Waals surface area contributed by atoms with Gasteiger partial charge in [0.05, 0.1) is 0 Å². The van der Waals surface area contributed by atoms with E-state index in [2.05, 4.69) is 5.32 Å². The summed E-state index contributed by atoms with van der Waals surface area (Å²) in [6.45, 7) is 1.11. The highest BCUT2D eigenvalue weighted by molar-refractivity contribution is 7.10. The van der Waals surface area contributed by atoms with Crippen LogP contribution in [0, 0.1) is 0 Å². The molecule has 0 spiro atoms. The van der Waals surface area contributed by atoms with Gasteiger partial charge in [0.25, 0.3) is 5.91 Å². The Morgan fingerprint density at radius 3 is 2.67 bits per heavy atom. The lowest BCUT2D eigenvalue weighted by Crippen LogP contribution is -2.50. The van der Waals surface area contributed by atoms with Crippen LogP contribution in [0.3, 0.4) is 0 Å². The number of rotatable bonds is 6. The molecule has 1 aromatic carbocycles. The van der Waals surface area contributed by atoms with Crippen LogP contribution in [0.5, 0.6) is 0 Å². The third-order valence-electron chi connectivity index (χ3n) is 4.51. The van der Waals surface area contributed by atoms with Gasteiger partial charge in [0.2, 0.25) is 11.8 Å². The van der Waals surface area contributed by atoms with Gasteiger partial charge in [0.1, 0.15) is 6.04 Å². The van der Waals surface area contributed by atoms with E-state index in [0.717, 1.165) is 12.0 Å². The van der Waals surface area contributed by atoms with Crippen molar-refractivity contribution in [3.63, 3.8) is 0 Å². The molecule has 0 saturated carbocycles. The lowest BCUT2D eigenvalue weighted by atomic mass is 10.0. The normalized spacial score (nSPS) is 14.3. The minimum Gasteiger partial charge on any atom is -0.370 e. The number of thiophene rings is 1. The van der Waals surface area contributed by atoms with Crippen molar-refractivity contribution in [2.24, 2.45) is 5.73 Å². The molecule has 0 unspecified atom stereocenters. The van der Waals surface area contributed by atoms with Crippen LogP contribution in [0.1, 0.15) is 33.6 Å². The van der Waals surface area contributed by atoms with Crippen LogP contribution in [-0.4, -0.2) is 35.2 Å². The second-order valence-electron chi connectivity index (χ2n) is 6.42. The number of nitrogens with one attached hydrogen (secondary N) is 1. The van der Waals surface area contributed by atoms with Gasteiger partial charge in [-0.1, -0.05) is 11.6 Å². The molecule has 8 heteroatoms. The Hall–Kier alpha value is -2.38. The summed E-state index contributed by atoms with van der Waals surface area (Å²) < 4.78 is 0. The van der Waals surface area contributed by atoms with Crippen LogP contribution in [0.4, 0.5) is 0 Å². The fraction of sp³-hybridized carbons (Fsp3) is 0.316. The van der Waals surface area contributed by atoms with Crippen LogP contribution in [0.15, 0.2) is 35.7 Å². The molecule has 3 N–H and O–H groups in total. The van der Waals surface area contributed by atoms with E-state index in [0.29, 0.717) is 23.7 Å². The molecule has 1 aliphatic rings. The molecule has 142 valence electrons. The average Bonchev–Trinajstić information content (AvgIpc) is 3.12. The Morgan fingerprint density at radius 2 is 1.96 bits per heavy atom. The lowest BCUT2D eigenvalue weighted by molar-refractivity contribution is -0.134. The van der Waals surface area contributed by atoms with E-state index in [-0.39, 0.29) is 24.7 Å². The highest BCUT2D eigenvalue weighted by Gasteiger charge is 2.29. The summed E-state index contributed by atoms with van der Waals surface area (Å²) in [6.07, 6.45) is 0.988.